The molecule has 2 rings (SSSR count). The summed E-state index contributed by atoms with van der Waals surface area (Å²) in [6.45, 7) is 3.70. The van der Waals surface area contributed by atoms with Gasteiger partial charge < -0.3 is 4.52 Å². The van der Waals surface area contributed by atoms with Gasteiger partial charge in [0.25, 0.3) is 5.89 Å². The standard InChI is InChI=1S/C11H12N4O2/c1-7-3-4-9(10(5-7)12-6-13-16)11-14-8(2)15-17-11/h3-6,16H,1-2H3,(H,12,13). The van der Waals surface area contributed by atoms with E-state index in [0.717, 1.165) is 11.1 Å². The fourth-order valence-electron chi connectivity index (χ4n) is 1.43. The number of aryl methyl sites for hydroxylation is 2. The molecule has 1 aromatic carbocycles. The van der Waals surface area contributed by atoms with Crippen molar-refractivity contribution in [3.05, 3.63) is 29.6 Å². The lowest BCUT2D eigenvalue weighted by molar-refractivity contribution is 0.240. The van der Waals surface area contributed by atoms with Gasteiger partial charge in [-0.25, -0.2) is 4.99 Å². The van der Waals surface area contributed by atoms with Gasteiger partial charge in [-0.2, -0.15) is 4.98 Å². The van der Waals surface area contributed by atoms with E-state index in [1.807, 2.05) is 30.6 Å². The molecule has 17 heavy (non-hydrogen) atoms. The number of rotatable bonds is 3. The van der Waals surface area contributed by atoms with Crippen LogP contribution in [0, 0.1) is 13.8 Å². The largest absolute Gasteiger partial charge is 0.334 e. The number of hydrogen-bond acceptors (Lipinski definition) is 5. The SMILES string of the molecule is Cc1ccc(-c2nc(C)no2)c(N=CNO)c1. The van der Waals surface area contributed by atoms with Gasteiger partial charge in [0, 0.05) is 0 Å². The van der Waals surface area contributed by atoms with E-state index in [-0.39, 0.29) is 0 Å². The third kappa shape index (κ3) is 2.48. The normalized spacial score (nSPS) is 11.0. The van der Waals surface area contributed by atoms with Crippen LogP contribution in [-0.2, 0) is 0 Å². The number of nitrogens with zero attached hydrogens (tertiary/aromatic N) is 3. The van der Waals surface area contributed by atoms with Crippen molar-refractivity contribution < 1.29 is 9.73 Å². The lowest BCUT2D eigenvalue weighted by atomic mass is 10.1. The van der Waals surface area contributed by atoms with E-state index in [4.69, 9.17) is 9.73 Å². The van der Waals surface area contributed by atoms with E-state index in [1.165, 1.54) is 6.34 Å². The van der Waals surface area contributed by atoms with Crippen molar-refractivity contribution in [2.75, 3.05) is 0 Å². The molecular weight excluding hydrogens is 220 g/mol. The molecule has 0 radical (unpaired) electrons. The van der Waals surface area contributed by atoms with E-state index in [2.05, 4.69) is 15.1 Å². The molecule has 1 aromatic heterocycles. The first-order valence-electron chi connectivity index (χ1n) is 5.04. The number of hydrogen-bond donors (Lipinski definition) is 2. The molecule has 1 heterocycles. The molecule has 0 saturated heterocycles. The van der Waals surface area contributed by atoms with Crippen LogP contribution in [-0.4, -0.2) is 21.7 Å². The molecule has 0 aliphatic heterocycles. The summed E-state index contributed by atoms with van der Waals surface area (Å²) in [7, 11) is 0. The summed E-state index contributed by atoms with van der Waals surface area (Å²) in [5.41, 5.74) is 4.29. The quantitative estimate of drug-likeness (QED) is 0.480. The van der Waals surface area contributed by atoms with E-state index in [0.29, 0.717) is 17.4 Å². The van der Waals surface area contributed by atoms with E-state index in [9.17, 15) is 0 Å². The Bertz CT molecular complexity index is 548. The molecule has 6 heteroatoms. The zero-order valence-corrected chi connectivity index (χ0v) is 9.51. The van der Waals surface area contributed by atoms with Crippen LogP contribution in [0.4, 0.5) is 5.69 Å². The molecule has 0 aliphatic carbocycles. The number of hydroxylamine groups is 1. The lowest BCUT2D eigenvalue weighted by Gasteiger charge is -2.02. The maximum Gasteiger partial charge on any atom is 0.260 e. The van der Waals surface area contributed by atoms with E-state index < -0.39 is 0 Å². The van der Waals surface area contributed by atoms with Gasteiger partial charge in [-0.1, -0.05) is 11.2 Å². The molecule has 0 unspecified atom stereocenters. The summed E-state index contributed by atoms with van der Waals surface area (Å²) in [5, 5.41) is 12.2. The van der Waals surface area contributed by atoms with Crippen molar-refractivity contribution >= 4 is 12.0 Å². The molecule has 2 aromatic rings. The van der Waals surface area contributed by atoms with Crippen LogP contribution in [0.1, 0.15) is 11.4 Å². The van der Waals surface area contributed by atoms with Crippen LogP contribution >= 0.6 is 0 Å². The monoisotopic (exact) mass is 232 g/mol. The highest BCUT2D eigenvalue weighted by atomic mass is 16.5. The molecule has 6 nitrogen and oxygen atoms in total. The fourth-order valence-corrected chi connectivity index (χ4v) is 1.43. The van der Waals surface area contributed by atoms with Gasteiger partial charge >= 0.3 is 0 Å². The summed E-state index contributed by atoms with van der Waals surface area (Å²) in [6, 6.07) is 5.65. The minimum atomic E-state index is 0.410. The Labute approximate surface area is 98.0 Å². The van der Waals surface area contributed by atoms with Crippen molar-refractivity contribution in [1.82, 2.24) is 15.6 Å². The van der Waals surface area contributed by atoms with Crippen molar-refractivity contribution in [2.45, 2.75) is 13.8 Å². The lowest BCUT2D eigenvalue weighted by Crippen LogP contribution is -2.01. The smallest absolute Gasteiger partial charge is 0.260 e. The van der Waals surface area contributed by atoms with Gasteiger partial charge in [-0.15, -0.1) is 0 Å². The second kappa shape index (κ2) is 4.75. The first kappa shape index (κ1) is 11.3. The van der Waals surface area contributed by atoms with Crippen LogP contribution in [0.3, 0.4) is 0 Å². The van der Waals surface area contributed by atoms with Crippen LogP contribution in [0.2, 0.25) is 0 Å². The zero-order valence-electron chi connectivity index (χ0n) is 9.51. The van der Waals surface area contributed by atoms with Gasteiger partial charge in [-0.05, 0) is 31.5 Å². The molecule has 2 N–H and O–H groups in total. The van der Waals surface area contributed by atoms with Crippen molar-refractivity contribution in [3.8, 4) is 11.5 Å². The molecule has 0 fully saturated rings. The van der Waals surface area contributed by atoms with Gasteiger partial charge in [0.15, 0.2) is 5.82 Å². The second-order valence-corrected chi connectivity index (χ2v) is 3.55. The van der Waals surface area contributed by atoms with Crippen LogP contribution < -0.4 is 5.48 Å². The number of benzene rings is 1. The molecule has 88 valence electrons. The Morgan fingerprint density at radius 1 is 1.41 bits per heavy atom. The molecule has 0 spiro atoms. The van der Waals surface area contributed by atoms with Gasteiger partial charge in [0.2, 0.25) is 0 Å². The average Bonchev–Trinajstić information content (AvgIpc) is 2.73. The molecule has 0 amide bonds. The maximum atomic E-state index is 8.51. The minimum absolute atomic E-state index is 0.410. The van der Waals surface area contributed by atoms with E-state index in [1.54, 1.807) is 6.92 Å². The van der Waals surface area contributed by atoms with Crippen molar-refractivity contribution in [3.63, 3.8) is 0 Å². The highest BCUT2D eigenvalue weighted by Gasteiger charge is 2.10. The number of nitrogens with one attached hydrogen (secondary N) is 1. The number of aromatic nitrogens is 2. The summed E-state index contributed by atoms with van der Waals surface area (Å²) in [5.74, 6) is 0.975. The first-order chi connectivity index (χ1) is 8.20. The fraction of sp³-hybridized carbons (Fsp3) is 0.182. The van der Waals surface area contributed by atoms with Crippen molar-refractivity contribution in [2.24, 2.45) is 4.99 Å². The minimum Gasteiger partial charge on any atom is -0.334 e. The Morgan fingerprint density at radius 2 is 2.24 bits per heavy atom. The third-order valence-corrected chi connectivity index (χ3v) is 2.17. The van der Waals surface area contributed by atoms with Crippen LogP contribution in [0.5, 0.6) is 0 Å². The van der Waals surface area contributed by atoms with Gasteiger partial charge in [0.1, 0.15) is 6.34 Å². The second-order valence-electron chi connectivity index (χ2n) is 3.55. The van der Waals surface area contributed by atoms with E-state index >= 15 is 0 Å². The Kier molecular flexibility index (Phi) is 3.15. The summed E-state index contributed by atoms with van der Waals surface area (Å²) < 4.78 is 5.09. The van der Waals surface area contributed by atoms with Crippen LogP contribution in [0.15, 0.2) is 27.7 Å². The Hall–Kier alpha value is -2.21. The zero-order chi connectivity index (χ0) is 12.3. The highest BCUT2D eigenvalue weighted by Crippen LogP contribution is 2.29. The molecule has 0 atom stereocenters. The molecule has 0 aliphatic rings. The Balaban J connectivity index is 2.49. The molecular formula is C11H12N4O2. The molecule has 0 saturated carbocycles. The summed E-state index contributed by atoms with van der Waals surface area (Å²) in [4.78, 5) is 8.20. The summed E-state index contributed by atoms with van der Waals surface area (Å²) in [6.07, 6.45) is 1.18. The average molecular weight is 232 g/mol. The predicted octanol–water partition coefficient (Wildman–Crippen LogP) is 1.99. The first-order valence-corrected chi connectivity index (χ1v) is 5.04. The van der Waals surface area contributed by atoms with Gasteiger partial charge in [0.05, 0.1) is 11.3 Å². The third-order valence-electron chi connectivity index (χ3n) is 2.17. The predicted molar refractivity (Wildman–Crippen MR) is 62.3 cm³/mol. The summed E-state index contributed by atoms with van der Waals surface area (Å²) >= 11 is 0. The highest BCUT2D eigenvalue weighted by molar-refractivity contribution is 5.74. The maximum absolute atomic E-state index is 8.51. The van der Waals surface area contributed by atoms with Crippen LogP contribution in [0.25, 0.3) is 11.5 Å². The van der Waals surface area contributed by atoms with Gasteiger partial charge in [-0.3, -0.25) is 10.7 Å². The van der Waals surface area contributed by atoms with Crippen molar-refractivity contribution in [1.29, 1.82) is 0 Å². The Morgan fingerprint density at radius 3 is 2.88 bits per heavy atom. The number of aliphatic imine (C=N–C) groups is 1. The topological polar surface area (TPSA) is 83.5 Å². The molecule has 0 bridgehead atoms.